The van der Waals surface area contributed by atoms with Gasteiger partial charge in [-0.05, 0) is 42.9 Å². The smallest absolute Gasteiger partial charge is 0.227 e. The van der Waals surface area contributed by atoms with Gasteiger partial charge < -0.3 is 15.1 Å². The first kappa shape index (κ1) is 17.5. The van der Waals surface area contributed by atoms with Gasteiger partial charge in [0.05, 0.1) is 11.4 Å². The second kappa shape index (κ2) is 7.72. The number of piperazine rings is 1. The SMILES string of the molecule is O=C(Cc1ccc(O)c(Cl)c1)N1CCN(CC2CC2)[C@@H](CCO)C1. The minimum atomic E-state index is 0.0320. The molecule has 132 valence electrons. The number of aliphatic hydroxyl groups is 1. The average Bonchev–Trinajstić information content (AvgIpc) is 3.37. The molecule has 2 fully saturated rings. The summed E-state index contributed by atoms with van der Waals surface area (Å²) in [6.07, 6.45) is 3.62. The molecule has 0 bridgehead atoms. The predicted octanol–water partition coefficient (Wildman–Crippen LogP) is 1.89. The number of halogens is 1. The molecule has 1 aromatic rings. The van der Waals surface area contributed by atoms with Crippen molar-refractivity contribution in [2.75, 3.05) is 32.8 Å². The highest BCUT2D eigenvalue weighted by atomic mass is 35.5. The first-order valence-electron chi connectivity index (χ1n) is 8.67. The van der Waals surface area contributed by atoms with Gasteiger partial charge in [-0.1, -0.05) is 17.7 Å². The summed E-state index contributed by atoms with van der Waals surface area (Å²) in [4.78, 5) is 16.9. The number of phenolic OH excluding ortho intramolecular Hbond substituents is 1. The fourth-order valence-electron chi connectivity index (χ4n) is 3.36. The summed E-state index contributed by atoms with van der Waals surface area (Å²) < 4.78 is 0. The van der Waals surface area contributed by atoms with Crippen LogP contribution in [0.1, 0.15) is 24.8 Å². The first-order valence-corrected chi connectivity index (χ1v) is 9.04. The topological polar surface area (TPSA) is 64.0 Å². The molecule has 1 aliphatic heterocycles. The second-order valence-electron chi connectivity index (χ2n) is 6.91. The molecule has 0 radical (unpaired) electrons. The van der Waals surface area contributed by atoms with Gasteiger partial charge in [0.1, 0.15) is 5.75 Å². The van der Waals surface area contributed by atoms with Crippen LogP contribution >= 0.6 is 11.6 Å². The van der Waals surface area contributed by atoms with E-state index >= 15 is 0 Å². The molecular weight excluding hydrogens is 328 g/mol. The number of hydrogen-bond donors (Lipinski definition) is 2. The highest BCUT2D eigenvalue weighted by molar-refractivity contribution is 6.32. The highest BCUT2D eigenvalue weighted by Gasteiger charge is 2.33. The Morgan fingerprint density at radius 2 is 2.08 bits per heavy atom. The van der Waals surface area contributed by atoms with Crippen LogP contribution < -0.4 is 0 Å². The van der Waals surface area contributed by atoms with Gasteiger partial charge in [-0.3, -0.25) is 9.69 Å². The number of aromatic hydroxyl groups is 1. The summed E-state index contributed by atoms with van der Waals surface area (Å²) in [6, 6.07) is 5.14. The third-order valence-electron chi connectivity index (χ3n) is 4.98. The van der Waals surface area contributed by atoms with Crippen molar-refractivity contribution in [3.63, 3.8) is 0 Å². The van der Waals surface area contributed by atoms with E-state index in [0.29, 0.717) is 13.0 Å². The molecule has 1 amide bonds. The quantitative estimate of drug-likeness (QED) is 0.820. The van der Waals surface area contributed by atoms with Gasteiger partial charge in [0.15, 0.2) is 0 Å². The standard InChI is InChI=1S/C18H25ClN2O3/c19-16-9-14(3-4-17(16)23)10-18(24)21-7-6-20(11-13-1-2-13)15(12-21)5-8-22/h3-4,9,13,15,22-23H,1-2,5-8,10-12H2/t15-/m0/s1. The molecule has 3 rings (SSSR count). The van der Waals surface area contributed by atoms with E-state index < -0.39 is 0 Å². The number of nitrogens with zero attached hydrogens (tertiary/aromatic N) is 2. The van der Waals surface area contributed by atoms with Crippen molar-refractivity contribution < 1.29 is 15.0 Å². The fraction of sp³-hybridized carbons (Fsp3) is 0.611. The van der Waals surface area contributed by atoms with E-state index in [0.717, 1.165) is 31.1 Å². The van der Waals surface area contributed by atoms with Crippen molar-refractivity contribution in [3.05, 3.63) is 28.8 Å². The summed E-state index contributed by atoms with van der Waals surface area (Å²) in [5, 5.41) is 19.1. The molecule has 6 heteroatoms. The fourth-order valence-corrected chi connectivity index (χ4v) is 3.56. The maximum absolute atomic E-state index is 12.6. The number of benzene rings is 1. The molecule has 0 spiro atoms. The van der Waals surface area contributed by atoms with Crippen molar-refractivity contribution in [1.29, 1.82) is 0 Å². The lowest BCUT2D eigenvalue weighted by molar-refractivity contribution is -0.133. The first-order chi connectivity index (χ1) is 11.6. The maximum atomic E-state index is 12.6. The average molecular weight is 353 g/mol. The van der Waals surface area contributed by atoms with E-state index in [2.05, 4.69) is 4.90 Å². The van der Waals surface area contributed by atoms with Crippen molar-refractivity contribution in [2.24, 2.45) is 5.92 Å². The van der Waals surface area contributed by atoms with Gasteiger partial charge in [0.25, 0.3) is 0 Å². The third-order valence-corrected chi connectivity index (χ3v) is 5.28. The Kier molecular flexibility index (Phi) is 5.64. The van der Waals surface area contributed by atoms with Gasteiger partial charge in [0.2, 0.25) is 5.91 Å². The number of aliphatic hydroxyl groups excluding tert-OH is 1. The number of amides is 1. The summed E-state index contributed by atoms with van der Waals surface area (Å²) >= 11 is 5.91. The van der Waals surface area contributed by atoms with Crippen LogP contribution in [0.3, 0.4) is 0 Å². The van der Waals surface area contributed by atoms with Crippen molar-refractivity contribution in [1.82, 2.24) is 9.80 Å². The van der Waals surface area contributed by atoms with Gasteiger partial charge in [0, 0.05) is 38.8 Å². The van der Waals surface area contributed by atoms with E-state index in [1.165, 1.54) is 18.9 Å². The van der Waals surface area contributed by atoms with Gasteiger partial charge >= 0.3 is 0 Å². The molecule has 24 heavy (non-hydrogen) atoms. The predicted molar refractivity (Wildman–Crippen MR) is 93.2 cm³/mol. The molecule has 1 aliphatic carbocycles. The van der Waals surface area contributed by atoms with E-state index in [1.807, 2.05) is 4.90 Å². The lowest BCUT2D eigenvalue weighted by atomic mass is 10.1. The molecular formula is C18H25ClN2O3. The van der Waals surface area contributed by atoms with E-state index in [9.17, 15) is 15.0 Å². The molecule has 1 aromatic carbocycles. The number of carbonyl (C=O) groups excluding carboxylic acids is 1. The van der Waals surface area contributed by atoms with Crippen LogP contribution in [0.2, 0.25) is 5.02 Å². The van der Waals surface area contributed by atoms with Crippen molar-refractivity contribution in [2.45, 2.75) is 31.7 Å². The van der Waals surface area contributed by atoms with Crippen LogP contribution in [0.25, 0.3) is 0 Å². The van der Waals surface area contributed by atoms with Crippen LogP contribution in [-0.4, -0.2) is 64.7 Å². The summed E-state index contributed by atoms with van der Waals surface area (Å²) in [5.41, 5.74) is 0.807. The van der Waals surface area contributed by atoms with E-state index in [4.69, 9.17) is 11.6 Å². The Morgan fingerprint density at radius 1 is 1.29 bits per heavy atom. The molecule has 2 aliphatic rings. The van der Waals surface area contributed by atoms with Gasteiger partial charge in [-0.25, -0.2) is 0 Å². The molecule has 5 nitrogen and oxygen atoms in total. The highest BCUT2D eigenvalue weighted by Crippen LogP contribution is 2.31. The zero-order valence-corrected chi connectivity index (χ0v) is 14.6. The number of rotatable bonds is 6. The van der Waals surface area contributed by atoms with Crippen molar-refractivity contribution >= 4 is 17.5 Å². The zero-order valence-electron chi connectivity index (χ0n) is 13.8. The minimum absolute atomic E-state index is 0.0320. The molecule has 1 saturated heterocycles. The lowest BCUT2D eigenvalue weighted by Gasteiger charge is -2.41. The van der Waals surface area contributed by atoms with Crippen LogP contribution in [0.4, 0.5) is 0 Å². The van der Waals surface area contributed by atoms with E-state index in [-0.39, 0.29) is 35.7 Å². The monoisotopic (exact) mass is 352 g/mol. The molecule has 1 atom stereocenters. The molecule has 1 saturated carbocycles. The normalized spacial score (nSPS) is 21.9. The summed E-state index contributed by atoms with van der Waals surface area (Å²) in [5.74, 6) is 0.919. The molecule has 2 N–H and O–H groups in total. The minimum Gasteiger partial charge on any atom is -0.506 e. The number of carbonyl (C=O) groups is 1. The van der Waals surface area contributed by atoms with Crippen LogP contribution in [-0.2, 0) is 11.2 Å². The maximum Gasteiger partial charge on any atom is 0.227 e. The number of hydrogen-bond acceptors (Lipinski definition) is 4. The van der Waals surface area contributed by atoms with Crippen LogP contribution in [0.5, 0.6) is 5.75 Å². The van der Waals surface area contributed by atoms with Crippen molar-refractivity contribution in [3.8, 4) is 5.75 Å². The lowest BCUT2D eigenvalue weighted by Crippen LogP contribution is -2.55. The Balaban J connectivity index is 1.59. The molecule has 0 aromatic heterocycles. The van der Waals surface area contributed by atoms with E-state index in [1.54, 1.807) is 12.1 Å². The Bertz CT molecular complexity index is 592. The van der Waals surface area contributed by atoms with Crippen LogP contribution in [0.15, 0.2) is 18.2 Å². The number of phenols is 1. The zero-order chi connectivity index (χ0) is 17.1. The molecule has 0 unspecified atom stereocenters. The summed E-state index contributed by atoms with van der Waals surface area (Å²) in [7, 11) is 0. The second-order valence-corrected chi connectivity index (χ2v) is 7.31. The largest absolute Gasteiger partial charge is 0.506 e. The molecule has 1 heterocycles. The van der Waals surface area contributed by atoms with Crippen LogP contribution in [0, 0.1) is 5.92 Å². The van der Waals surface area contributed by atoms with Gasteiger partial charge in [-0.2, -0.15) is 0 Å². The summed E-state index contributed by atoms with van der Waals surface area (Å²) in [6.45, 7) is 3.54. The third kappa shape index (κ3) is 4.41. The Morgan fingerprint density at radius 3 is 2.75 bits per heavy atom. The Hall–Kier alpha value is -1.30. The van der Waals surface area contributed by atoms with Gasteiger partial charge in [-0.15, -0.1) is 0 Å². The Labute approximate surface area is 147 Å².